The number of nitrogens with zero attached hydrogens (tertiary/aromatic N) is 1. The normalized spacial score (nSPS) is 14.1. The van der Waals surface area contributed by atoms with E-state index >= 15 is 0 Å². The maximum absolute atomic E-state index is 9.93. The van der Waals surface area contributed by atoms with Crippen LogP contribution in [0.15, 0.2) is 23.6 Å². The van der Waals surface area contributed by atoms with Crippen molar-refractivity contribution in [2.24, 2.45) is 0 Å². The summed E-state index contributed by atoms with van der Waals surface area (Å²) in [5.74, 6) is 2.04. The number of fused-ring (bicyclic) bond motifs is 1. The average Bonchev–Trinajstić information content (AvgIpc) is 3.13. The zero-order chi connectivity index (χ0) is 15.4. The topological polar surface area (TPSA) is 72.8 Å². The van der Waals surface area contributed by atoms with E-state index in [1.165, 1.54) is 0 Å². The molecule has 0 unspecified atom stereocenters. The van der Waals surface area contributed by atoms with Crippen LogP contribution in [-0.2, 0) is 6.54 Å². The fourth-order valence-corrected chi connectivity index (χ4v) is 2.69. The molecular weight excluding hydrogens is 304 g/mol. The lowest BCUT2D eigenvalue weighted by molar-refractivity contribution is 0.106. The molecule has 0 aliphatic carbocycles. The standard InChI is InChI=1S/C15H18N2O4S/c1-10-17-11(8-22-10)5-16-6-12(18)7-19-13-2-3-14-15(4-13)21-9-20-14/h2-4,8,12,16,18H,5-7,9H2,1H3/t12-/m1/s1. The van der Waals surface area contributed by atoms with Crippen molar-refractivity contribution < 1.29 is 19.3 Å². The summed E-state index contributed by atoms with van der Waals surface area (Å²) in [6.07, 6.45) is -0.592. The Kier molecular flexibility index (Phi) is 4.77. The molecule has 0 radical (unpaired) electrons. The highest BCUT2D eigenvalue weighted by atomic mass is 32.1. The largest absolute Gasteiger partial charge is 0.491 e. The van der Waals surface area contributed by atoms with E-state index in [2.05, 4.69) is 10.3 Å². The van der Waals surface area contributed by atoms with Crippen LogP contribution in [0.25, 0.3) is 0 Å². The number of aryl methyl sites for hydroxylation is 1. The summed E-state index contributed by atoms with van der Waals surface area (Å²) in [5.41, 5.74) is 0.992. The third-order valence-electron chi connectivity index (χ3n) is 3.14. The highest BCUT2D eigenvalue weighted by molar-refractivity contribution is 7.09. The summed E-state index contributed by atoms with van der Waals surface area (Å²) in [6.45, 7) is 3.51. The maximum atomic E-state index is 9.93. The minimum Gasteiger partial charge on any atom is -0.491 e. The Morgan fingerprint density at radius 2 is 2.27 bits per heavy atom. The minimum atomic E-state index is -0.592. The summed E-state index contributed by atoms with van der Waals surface area (Å²) in [7, 11) is 0. The molecule has 7 heteroatoms. The van der Waals surface area contributed by atoms with E-state index in [9.17, 15) is 5.11 Å². The van der Waals surface area contributed by atoms with Gasteiger partial charge in [-0.1, -0.05) is 0 Å². The van der Waals surface area contributed by atoms with E-state index in [-0.39, 0.29) is 13.4 Å². The van der Waals surface area contributed by atoms with Gasteiger partial charge in [-0.2, -0.15) is 0 Å². The van der Waals surface area contributed by atoms with Crippen molar-refractivity contribution in [3.05, 3.63) is 34.3 Å². The van der Waals surface area contributed by atoms with Crippen molar-refractivity contribution in [3.8, 4) is 17.2 Å². The Morgan fingerprint density at radius 3 is 3.09 bits per heavy atom. The van der Waals surface area contributed by atoms with Gasteiger partial charge >= 0.3 is 0 Å². The van der Waals surface area contributed by atoms with Gasteiger partial charge in [0, 0.05) is 24.5 Å². The van der Waals surface area contributed by atoms with Gasteiger partial charge in [-0.3, -0.25) is 0 Å². The quantitative estimate of drug-likeness (QED) is 0.808. The van der Waals surface area contributed by atoms with Crippen molar-refractivity contribution in [1.29, 1.82) is 0 Å². The molecule has 0 saturated heterocycles. The van der Waals surface area contributed by atoms with E-state index < -0.39 is 6.10 Å². The maximum Gasteiger partial charge on any atom is 0.231 e. The number of benzene rings is 1. The van der Waals surface area contributed by atoms with E-state index in [4.69, 9.17) is 14.2 Å². The van der Waals surface area contributed by atoms with Crippen molar-refractivity contribution in [1.82, 2.24) is 10.3 Å². The highest BCUT2D eigenvalue weighted by Crippen LogP contribution is 2.35. The molecule has 1 aliphatic heterocycles. The van der Waals surface area contributed by atoms with Gasteiger partial charge in [0.2, 0.25) is 6.79 Å². The second-order valence-electron chi connectivity index (χ2n) is 4.97. The van der Waals surface area contributed by atoms with Gasteiger partial charge in [-0.25, -0.2) is 4.98 Å². The molecule has 2 aromatic rings. The van der Waals surface area contributed by atoms with Crippen molar-refractivity contribution in [2.45, 2.75) is 19.6 Å². The zero-order valence-electron chi connectivity index (χ0n) is 12.2. The van der Waals surface area contributed by atoms with Crippen LogP contribution in [0.2, 0.25) is 0 Å². The summed E-state index contributed by atoms with van der Waals surface area (Å²) in [5, 5.41) is 16.1. The van der Waals surface area contributed by atoms with Crippen molar-refractivity contribution in [2.75, 3.05) is 19.9 Å². The smallest absolute Gasteiger partial charge is 0.231 e. The van der Waals surface area contributed by atoms with Crippen LogP contribution >= 0.6 is 11.3 Å². The van der Waals surface area contributed by atoms with E-state index in [0.29, 0.717) is 30.3 Å². The molecule has 0 bridgehead atoms. The Balaban J connectivity index is 1.39. The second-order valence-corrected chi connectivity index (χ2v) is 6.03. The van der Waals surface area contributed by atoms with Crippen LogP contribution in [0.3, 0.4) is 0 Å². The Morgan fingerprint density at radius 1 is 1.41 bits per heavy atom. The minimum absolute atomic E-state index is 0.211. The molecule has 118 valence electrons. The van der Waals surface area contributed by atoms with E-state index in [1.807, 2.05) is 12.3 Å². The lowest BCUT2D eigenvalue weighted by Crippen LogP contribution is -2.31. The number of hydrogen-bond donors (Lipinski definition) is 2. The molecule has 2 N–H and O–H groups in total. The number of nitrogens with one attached hydrogen (secondary N) is 1. The number of aromatic nitrogens is 1. The molecule has 22 heavy (non-hydrogen) atoms. The number of ether oxygens (including phenoxy) is 3. The van der Waals surface area contributed by atoms with Gasteiger partial charge in [0.15, 0.2) is 11.5 Å². The molecule has 2 heterocycles. The molecule has 3 rings (SSSR count). The number of rotatable bonds is 7. The Hall–Kier alpha value is -1.83. The first-order chi connectivity index (χ1) is 10.7. The fourth-order valence-electron chi connectivity index (χ4n) is 2.07. The van der Waals surface area contributed by atoms with Gasteiger partial charge < -0.3 is 24.6 Å². The van der Waals surface area contributed by atoms with Gasteiger partial charge in [-0.15, -0.1) is 11.3 Å². The average molecular weight is 322 g/mol. The third kappa shape index (κ3) is 3.88. The number of hydrogen-bond acceptors (Lipinski definition) is 7. The lowest BCUT2D eigenvalue weighted by atomic mass is 10.3. The first-order valence-corrected chi connectivity index (χ1v) is 7.91. The van der Waals surface area contributed by atoms with Crippen molar-refractivity contribution >= 4 is 11.3 Å². The van der Waals surface area contributed by atoms with Gasteiger partial charge in [0.1, 0.15) is 18.5 Å². The summed E-state index contributed by atoms with van der Waals surface area (Å²) in [4.78, 5) is 4.35. The number of thiazole rings is 1. The van der Waals surface area contributed by atoms with Crippen LogP contribution in [0.5, 0.6) is 17.2 Å². The first kappa shape index (κ1) is 15.1. The molecule has 1 aliphatic rings. The predicted octanol–water partition coefficient (Wildman–Crippen LogP) is 1.71. The number of aliphatic hydroxyl groups is 1. The molecule has 0 amide bonds. The molecule has 1 aromatic heterocycles. The Bertz CT molecular complexity index is 632. The van der Waals surface area contributed by atoms with Gasteiger partial charge in [0.25, 0.3) is 0 Å². The fraction of sp³-hybridized carbons (Fsp3) is 0.400. The lowest BCUT2D eigenvalue weighted by Gasteiger charge is -2.13. The number of aliphatic hydroxyl groups excluding tert-OH is 1. The molecular formula is C15H18N2O4S. The molecule has 0 spiro atoms. The Labute approximate surface area is 132 Å². The van der Waals surface area contributed by atoms with Gasteiger partial charge in [-0.05, 0) is 19.1 Å². The van der Waals surface area contributed by atoms with Crippen LogP contribution in [0, 0.1) is 6.92 Å². The molecule has 0 saturated carbocycles. The van der Waals surface area contributed by atoms with E-state index in [1.54, 1.807) is 29.5 Å². The summed E-state index contributed by atoms with van der Waals surface area (Å²) >= 11 is 1.62. The molecule has 1 aromatic carbocycles. The molecule has 1 atom stereocenters. The SMILES string of the molecule is Cc1nc(CNC[C@@H](O)COc2ccc3c(c2)OCO3)cs1. The molecule has 0 fully saturated rings. The first-order valence-electron chi connectivity index (χ1n) is 7.03. The zero-order valence-corrected chi connectivity index (χ0v) is 13.1. The predicted molar refractivity (Wildman–Crippen MR) is 82.6 cm³/mol. The van der Waals surface area contributed by atoms with Crippen LogP contribution in [0.1, 0.15) is 10.7 Å². The van der Waals surface area contributed by atoms with Crippen LogP contribution in [0.4, 0.5) is 0 Å². The highest BCUT2D eigenvalue weighted by Gasteiger charge is 2.14. The molecule has 6 nitrogen and oxygen atoms in total. The van der Waals surface area contributed by atoms with Crippen LogP contribution < -0.4 is 19.5 Å². The monoisotopic (exact) mass is 322 g/mol. The summed E-state index contributed by atoms with van der Waals surface area (Å²) in [6, 6.07) is 5.36. The second kappa shape index (κ2) is 6.95. The van der Waals surface area contributed by atoms with E-state index in [0.717, 1.165) is 10.7 Å². The third-order valence-corrected chi connectivity index (χ3v) is 3.96. The van der Waals surface area contributed by atoms with Crippen LogP contribution in [-0.4, -0.2) is 36.1 Å². The van der Waals surface area contributed by atoms with Crippen molar-refractivity contribution in [3.63, 3.8) is 0 Å². The summed E-state index contributed by atoms with van der Waals surface area (Å²) < 4.78 is 16.1. The van der Waals surface area contributed by atoms with Gasteiger partial charge in [0.05, 0.1) is 10.7 Å².